The van der Waals surface area contributed by atoms with Crippen LogP contribution < -0.4 is 6.15 Å². The largest absolute Gasteiger partial charge is 0.472 e. The van der Waals surface area contributed by atoms with Crippen LogP contribution in [0.15, 0.2) is 0 Å². The van der Waals surface area contributed by atoms with Gasteiger partial charge < -0.3 is 50.7 Å². The highest BCUT2D eigenvalue weighted by atomic mass is 31.2. The van der Waals surface area contributed by atoms with Gasteiger partial charge in [0.05, 0.1) is 6.61 Å². The fraction of sp³-hybridized carbons (Fsp3) is 0.600. The van der Waals surface area contributed by atoms with Crippen molar-refractivity contribution in [3.05, 3.63) is 0 Å². The van der Waals surface area contributed by atoms with Crippen LogP contribution in [-0.4, -0.2) is 103 Å². The fourth-order valence-electron chi connectivity index (χ4n) is 5.20. The van der Waals surface area contributed by atoms with Crippen molar-refractivity contribution in [3.8, 4) is 83.4 Å². The molecule has 17 nitrogen and oxygen atoms in total. The Bertz CT molecular complexity index is 1890. The number of ether oxygens (including phenoxy) is 2. The van der Waals surface area contributed by atoms with E-state index in [1.165, 1.54) is 44.9 Å². The first-order valence-corrected chi connectivity index (χ1v) is 21.6. The number of aliphatic hydroxyl groups is 4. The van der Waals surface area contributed by atoms with Crippen molar-refractivity contribution in [1.29, 1.82) is 0 Å². The molecule has 0 heterocycles. The van der Waals surface area contributed by atoms with Crippen LogP contribution in [-0.2, 0) is 41.8 Å². The van der Waals surface area contributed by atoms with Gasteiger partial charge in [0.2, 0.25) is 0 Å². The van der Waals surface area contributed by atoms with Crippen molar-refractivity contribution in [2.24, 2.45) is 0 Å². The molecule has 1 rings (SSSR count). The normalized spacial score (nSPS) is 20.5. The van der Waals surface area contributed by atoms with Crippen molar-refractivity contribution < 1.29 is 95.4 Å². The molecule has 0 aromatic heterocycles. The zero-order valence-corrected chi connectivity index (χ0v) is 34.6. The summed E-state index contributed by atoms with van der Waals surface area (Å²) in [6, 6.07) is 0. The molecule has 1 saturated carbocycles. The topological polar surface area (TPSA) is 291 Å². The molecule has 4 unspecified atom stereocenters. The van der Waals surface area contributed by atoms with Crippen LogP contribution in [0.2, 0.25) is 0 Å². The Hall–Kier alpha value is -4.12. The lowest BCUT2D eigenvalue weighted by Crippen LogP contribution is -2.64. The fourth-order valence-corrected chi connectivity index (χ4v) is 6.74. The van der Waals surface area contributed by atoms with Crippen LogP contribution in [0.1, 0.15) is 115 Å². The van der Waals surface area contributed by atoms with Gasteiger partial charge >= 0.3 is 27.6 Å². The molecular weight excluding hydrogens is 812 g/mol. The van der Waals surface area contributed by atoms with Crippen LogP contribution in [0.5, 0.6) is 0 Å². The number of aliphatic hydroxyl groups excluding tert-OH is 4. The van der Waals surface area contributed by atoms with E-state index in [4.69, 9.17) is 34.7 Å². The lowest BCUT2D eigenvalue weighted by molar-refractivity contribution is -0.216. The molecule has 0 aromatic rings. The number of phosphoric acid groups is 2. The quantitative estimate of drug-likeness (QED) is 0.0199. The molecule has 1 fully saturated rings. The zero-order valence-electron chi connectivity index (χ0n) is 32.8. The van der Waals surface area contributed by atoms with Crippen molar-refractivity contribution >= 4 is 27.6 Å². The molecule has 8 atom stereocenters. The summed E-state index contributed by atoms with van der Waals surface area (Å²) in [6.07, 6.45) is 3.80. The third-order valence-corrected chi connectivity index (χ3v) is 9.53. The first-order valence-electron chi connectivity index (χ1n) is 18.6. The first kappa shape index (κ1) is 54.9. The van der Waals surface area contributed by atoms with Crippen LogP contribution in [0.4, 0.5) is 0 Å². The van der Waals surface area contributed by atoms with Gasteiger partial charge in [-0.15, -0.1) is 6.42 Å². The number of carbonyl (C=O) groups is 2. The van der Waals surface area contributed by atoms with E-state index in [9.17, 15) is 44.0 Å². The predicted molar refractivity (Wildman–Crippen MR) is 241 cm³/mol. The van der Waals surface area contributed by atoms with Crippen LogP contribution in [0.25, 0.3) is 0 Å². The van der Waals surface area contributed by atoms with Gasteiger partial charge in [-0.2, -0.15) is 0 Å². The number of terminal acetylenes is 1. The van der Waals surface area contributed by atoms with Gasteiger partial charge in [-0.25, -0.2) is 13.9 Å². The Morgan fingerprint density at radius 1 is 0.627 bits per heavy atom. The molecule has 0 bridgehead atoms. The third kappa shape index (κ3) is 26.6. The molecule has 1 aliphatic rings. The Balaban J connectivity index is -0.000000200. The van der Waals surface area contributed by atoms with E-state index >= 15 is 0 Å². The Labute approximate surface area is 365 Å². The average molecular weight is 892 g/mol. The lowest BCUT2D eigenvalue weighted by atomic mass is 9.85. The lowest BCUT2D eigenvalue weighted by Gasteiger charge is -2.43. The van der Waals surface area contributed by atoms with Gasteiger partial charge in [-0.1, -0.05) is 84.0 Å². The van der Waals surface area contributed by atoms with Crippen LogP contribution >= 0.6 is 15.6 Å². The second-order valence-electron chi connectivity index (χ2n) is 12.7. The monoisotopic (exact) mass is 891 g/mol. The second kappa shape index (κ2) is 31.8. The molecule has 10 N–H and O–H groups in total. The maximum Gasteiger partial charge on any atom is 0.472 e. The molecule has 1 aliphatic carbocycles. The maximum atomic E-state index is 12.9. The summed E-state index contributed by atoms with van der Waals surface area (Å²) >= 11 is 0. The molecule has 0 aliphatic heterocycles. The standard InChI is InChI=1S/C40H50O16P2.H3N.13H2/c1-3-5-7-9-11-13-15-17-19-21-23-25-27-29-34(42)54-32(30-52-33(41)28-26-24-22-20-18-16-14-12-10-8-6-4-2)31-53-58(50,51)56-40-37(45)35(43)36(44)39(38(40)46)55-57(47,48)49;;;;;;;;;;;;;;/h2,32,35-40,43-46H,3,5,7,9,11,13,15,17,19,21,23,25,27,29-31H2,1H3,(H,50,51)(H2,47,48,49);1H3;13*1H/t32-,35+,36?,37?,38-,39-,40?;;;;;;;;;;;;;;/m1............../s1. The van der Waals surface area contributed by atoms with E-state index in [-0.39, 0.29) is 31.1 Å². The minimum absolute atomic E-state index is 0. The number of unbranched alkanes of at least 4 members (excludes halogenated alkanes) is 12. The molecule has 0 amide bonds. The zero-order chi connectivity index (χ0) is 43.2. The molecule has 19 heteroatoms. The van der Waals surface area contributed by atoms with Crippen molar-refractivity contribution in [2.45, 2.75) is 140 Å². The predicted octanol–water partition coefficient (Wildman–Crippen LogP) is 5.37. The van der Waals surface area contributed by atoms with Crippen molar-refractivity contribution in [1.82, 2.24) is 6.15 Å². The molecular formula is C40H79NO16P2. The number of hydrogen-bond acceptors (Lipinski definition) is 14. The minimum Gasteiger partial charge on any atom is -0.456 e. The average Bonchev–Trinajstić information content (AvgIpc) is 3.17. The minimum atomic E-state index is -5.39. The van der Waals surface area contributed by atoms with Gasteiger partial charge in [0.25, 0.3) is 0 Å². The summed E-state index contributed by atoms with van der Waals surface area (Å²) in [4.78, 5) is 53.5. The highest BCUT2D eigenvalue weighted by Gasteiger charge is 2.54. The molecule has 59 heavy (non-hydrogen) atoms. The number of carbonyl (C=O) groups excluding carboxylic acids is 2. The number of rotatable bonds is 24. The number of esters is 2. The molecule has 0 saturated heterocycles. The molecule has 0 radical (unpaired) electrons. The summed E-state index contributed by atoms with van der Waals surface area (Å²) < 4.78 is 48.4. The smallest absolute Gasteiger partial charge is 0.456 e. The van der Waals surface area contributed by atoms with Gasteiger partial charge in [0.15, 0.2) is 6.10 Å². The van der Waals surface area contributed by atoms with E-state index in [0.29, 0.717) is 6.42 Å². The summed E-state index contributed by atoms with van der Waals surface area (Å²) in [5.41, 5.74) is 0. The van der Waals surface area contributed by atoms with E-state index in [1.54, 1.807) is 0 Å². The van der Waals surface area contributed by atoms with E-state index in [2.05, 4.69) is 82.5 Å². The number of phosphoric ester groups is 2. The summed E-state index contributed by atoms with van der Waals surface area (Å²) in [5.74, 6) is 27.9. The van der Waals surface area contributed by atoms with Gasteiger partial charge in [0, 0.05) is 30.9 Å². The first-order chi connectivity index (χ1) is 27.6. The maximum absolute atomic E-state index is 12.9. The van der Waals surface area contributed by atoms with Gasteiger partial charge in [-0.05, 0) is 77.5 Å². The van der Waals surface area contributed by atoms with E-state index in [0.717, 1.165) is 32.1 Å². The molecule has 350 valence electrons. The summed E-state index contributed by atoms with van der Waals surface area (Å²) in [6.45, 7) is 0.506. The third-order valence-electron chi connectivity index (χ3n) is 8.03. The van der Waals surface area contributed by atoms with Crippen molar-refractivity contribution in [2.75, 3.05) is 13.2 Å². The highest BCUT2D eigenvalue weighted by molar-refractivity contribution is 7.47. The Morgan fingerprint density at radius 3 is 1.54 bits per heavy atom. The van der Waals surface area contributed by atoms with Gasteiger partial charge in [-0.3, -0.25) is 18.4 Å². The molecule has 0 aromatic carbocycles. The van der Waals surface area contributed by atoms with Crippen LogP contribution in [0.3, 0.4) is 0 Å². The van der Waals surface area contributed by atoms with E-state index in [1.807, 2.05) is 5.92 Å². The SMILES string of the molecule is C#CC#CC#CC#CC#CC#CC#CC(=O)OC[C@H](COP(=O)(O)OC1C(O)[C@@H](O)C(O)[C@@H](OP(=O)(O)O)[C@H]1O)OC(=O)CCCCCCCCCCCCCCC.N.[HH].[HH].[HH].[HH].[HH].[HH].[HH].[HH].[HH].[HH].[HH].[HH].[HH]. The Kier molecular flexibility index (Phi) is 29.5. The Morgan fingerprint density at radius 2 is 1.07 bits per heavy atom. The second-order valence-corrected chi connectivity index (χ2v) is 15.3. The van der Waals surface area contributed by atoms with Crippen molar-refractivity contribution in [3.63, 3.8) is 0 Å². The number of hydrogen-bond donors (Lipinski definition) is 8. The van der Waals surface area contributed by atoms with E-state index < -0.39 is 83.5 Å². The van der Waals surface area contributed by atoms with Crippen LogP contribution in [0, 0.1) is 83.4 Å². The molecule has 0 spiro atoms. The van der Waals surface area contributed by atoms with Gasteiger partial charge in [0.1, 0.15) is 43.2 Å². The summed E-state index contributed by atoms with van der Waals surface area (Å²) in [7, 11) is -10.8. The highest BCUT2D eigenvalue weighted by Crippen LogP contribution is 2.49. The summed E-state index contributed by atoms with van der Waals surface area (Å²) in [5, 5.41) is 40.9.